The highest BCUT2D eigenvalue weighted by Gasteiger charge is 2.31. The summed E-state index contributed by atoms with van der Waals surface area (Å²) < 4.78 is 42.1. The van der Waals surface area contributed by atoms with E-state index in [0.717, 1.165) is 89.4 Å². The van der Waals surface area contributed by atoms with Crippen molar-refractivity contribution in [1.29, 1.82) is 0 Å². The quantitative estimate of drug-likeness (QED) is 0.127. The molecule has 0 spiro atoms. The normalized spacial score (nSPS) is 13.9. The first-order chi connectivity index (χ1) is 32.4. The van der Waals surface area contributed by atoms with Crippen LogP contribution in [-0.2, 0) is 12.8 Å². The van der Waals surface area contributed by atoms with Crippen LogP contribution in [-0.4, -0.2) is 0 Å². The van der Waals surface area contributed by atoms with Crippen LogP contribution in [0.25, 0.3) is 21.5 Å². The van der Waals surface area contributed by atoms with E-state index < -0.39 is 17.2 Å². The van der Waals surface area contributed by atoms with Gasteiger partial charge in [0, 0.05) is 0 Å². The van der Waals surface area contributed by atoms with Crippen LogP contribution in [0.1, 0.15) is 124 Å². The van der Waals surface area contributed by atoms with Crippen LogP contribution in [0.2, 0.25) is 0 Å². The van der Waals surface area contributed by atoms with E-state index in [1.165, 1.54) is 22.3 Å². The first-order valence-electron chi connectivity index (χ1n) is 23.3. The second-order valence-electron chi connectivity index (χ2n) is 18.8. The lowest BCUT2D eigenvalue weighted by Crippen LogP contribution is -2.09. The van der Waals surface area contributed by atoms with E-state index in [1.54, 1.807) is 11.8 Å². The molecule has 6 nitrogen and oxygen atoms in total. The van der Waals surface area contributed by atoms with Crippen LogP contribution in [0, 0.1) is 0 Å². The Kier molecular flexibility index (Phi) is 12.9. The molecule has 0 aliphatic carbocycles. The number of hydrogen-bond donors (Lipinski definition) is 0. The van der Waals surface area contributed by atoms with E-state index >= 15 is 0 Å². The lowest BCUT2D eigenvalue weighted by atomic mass is 9.95. The van der Waals surface area contributed by atoms with Crippen LogP contribution < -0.4 is 27.1 Å². The average Bonchev–Trinajstić information content (AvgIpc) is 3.30. The van der Waals surface area contributed by atoms with Crippen molar-refractivity contribution < 1.29 is 27.1 Å². The standard InChI is InChI=1S/C58H56O6P2S/c1-35(2)45-23-17-39-29-40-18-24-46(36(3)4)54(32-40)62-65(61-53(45)31-39)59-51-27-21-43-13-9-11-15-49(43)57(51)67-58-50-16-12-10-14-44(50)22-28-52(58)60-66-63-55-33-41(19-25-47(55)37(5)6)30-42-20-26-48(38(7)8)56(34-42)64-66/h9-28,31-38H,29-30H2,1-8H3. The van der Waals surface area contributed by atoms with Crippen molar-refractivity contribution in [2.24, 2.45) is 0 Å². The van der Waals surface area contributed by atoms with Crippen molar-refractivity contribution in [3.8, 4) is 34.5 Å². The zero-order valence-electron chi connectivity index (χ0n) is 39.3. The van der Waals surface area contributed by atoms with Crippen molar-refractivity contribution in [1.82, 2.24) is 0 Å². The molecule has 8 aromatic carbocycles. The van der Waals surface area contributed by atoms with Crippen LogP contribution in [0.4, 0.5) is 0 Å². The largest absolute Gasteiger partial charge is 0.530 e. The smallest absolute Gasteiger partial charge is 0.408 e. The maximum Gasteiger partial charge on any atom is 0.530 e. The summed E-state index contributed by atoms with van der Waals surface area (Å²) in [7, 11) is -4.03. The second-order valence-corrected chi connectivity index (χ2v) is 21.8. The van der Waals surface area contributed by atoms with Gasteiger partial charge in [-0.1, -0.05) is 176 Å². The Morgan fingerprint density at radius 1 is 0.388 bits per heavy atom. The Morgan fingerprint density at radius 3 is 1.01 bits per heavy atom. The third kappa shape index (κ3) is 9.57. The number of rotatable bonds is 10. The fourth-order valence-electron chi connectivity index (χ4n) is 8.95. The molecule has 8 bridgehead atoms. The lowest BCUT2D eigenvalue weighted by Gasteiger charge is -2.26. The summed E-state index contributed by atoms with van der Waals surface area (Å²) in [5.41, 5.74) is 9.13. The highest BCUT2D eigenvalue weighted by molar-refractivity contribution is 8.00. The molecular formula is C58H56O6P2S. The van der Waals surface area contributed by atoms with E-state index in [-0.39, 0.29) is 23.7 Å². The number of hydrogen-bond acceptors (Lipinski definition) is 7. The van der Waals surface area contributed by atoms with Gasteiger partial charge in [0.25, 0.3) is 0 Å². The molecule has 9 heteroatoms. The van der Waals surface area contributed by atoms with E-state index in [1.807, 2.05) is 12.1 Å². The van der Waals surface area contributed by atoms with Gasteiger partial charge >= 0.3 is 17.2 Å². The van der Waals surface area contributed by atoms with Gasteiger partial charge in [0.15, 0.2) is 0 Å². The zero-order valence-corrected chi connectivity index (χ0v) is 41.9. The fourth-order valence-corrected chi connectivity index (χ4v) is 12.4. The molecular weight excluding hydrogens is 887 g/mol. The molecule has 0 aromatic heterocycles. The molecule has 8 aromatic rings. The van der Waals surface area contributed by atoms with Gasteiger partial charge in [0.2, 0.25) is 0 Å². The molecule has 340 valence electrons. The molecule has 2 aliphatic heterocycles. The summed E-state index contributed by atoms with van der Waals surface area (Å²) in [6, 6.07) is 51.4. The monoisotopic (exact) mass is 942 g/mol. The molecule has 0 N–H and O–H groups in total. The SMILES string of the molecule is CC(C)c1ccc2cc1OP(Oc1ccc3ccccc3c1Sc1c(OP3Oc4cc(ccc4C(C)C)Cc4ccc(C(C)C)c(c4)O3)ccc3ccccc13)Oc1cc(ccc1C(C)C)C2. The van der Waals surface area contributed by atoms with Gasteiger partial charge in [-0.05, 0) is 139 Å². The third-order valence-electron chi connectivity index (χ3n) is 12.5. The van der Waals surface area contributed by atoms with Crippen LogP contribution in [0.5, 0.6) is 34.5 Å². The molecule has 2 aliphatic rings. The Labute approximate surface area is 402 Å². The molecule has 0 saturated carbocycles. The molecule has 0 saturated heterocycles. The van der Waals surface area contributed by atoms with Gasteiger partial charge in [0.05, 0.1) is 9.79 Å². The van der Waals surface area contributed by atoms with Gasteiger partial charge < -0.3 is 27.1 Å². The molecule has 0 radical (unpaired) electrons. The molecule has 0 unspecified atom stereocenters. The van der Waals surface area contributed by atoms with Crippen LogP contribution >= 0.6 is 29.0 Å². The summed E-state index contributed by atoms with van der Waals surface area (Å²) in [6.45, 7) is 17.5. The zero-order chi connectivity index (χ0) is 46.3. The predicted molar refractivity (Wildman–Crippen MR) is 277 cm³/mol. The number of benzene rings is 8. The van der Waals surface area contributed by atoms with Crippen molar-refractivity contribution in [3.63, 3.8) is 0 Å². The Balaban J connectivity index is 1.09. The highest BCUT2D eigenvalue weighted by atomic mass is 32.2. The average molecular weight is 943 g/mol. The third-order valence-corrected chi connectivity index (χ3v) is 15.9. The van der Waals surface area contributed by atoms with Gasteiger partial charge in [0.1, 0.15) is 34.5 Å². The van der Waals surface area contributed by atoms with Crippen molar-refractivity contribution in [3.05, 3.63) is 190 Å². The Hall–Kier alpha value is -5.71. The topological polar surface area (TPSA) is 55.4 Å². The molecule has 0 atom stereocenters. The van der Waals surface area contributed by atoms with Crippen LogP contribution in [0.3, 0.4) is 0 Å². The molecule has 0 amide bonds. The van der Waals surface area contributed by atoms with Gasteiger partial charge in [-0.3, -0.25) is 0 Å². The lowest BCUT2D eigenvalue weighted by molar-refractivity contribution is 0.379. The first kappa shape index (κ1) is 45.1. The number of fused-ring (bicyclic) bond motifs is 10. The summed E-state index contributed by atoms with van der Waals surface area (Å²) in [5, 5.41) is 4.22. The summed E-state index contributed by atoms with van der Waals surface area (Å²) in [5.74, 6) is 5.31. The van der Waals surface area contributed by atoms with Gasteiger partial charge in [-0.15, -0.1) is 0 Å². The first-order valence-corrected chi connectivity index (χ1v) is 26.4. The van der Waals surface area contributed by atoms with Gasteiger partial charge in [-0.25, -0.2) is 0 Å². The van der Waals surface area contributed by atoms with E-state index in [9.17, 15) is 0 Å². The van der Waals surface area contributed by atoms with E-state index in [4.69, 9.17) is 27.1 Å². The minimum atomic E-state index is -2.01. The summed E-state index contributed by atoms with van der Waals surface area (Å²) >= 11 is 1.61. The second kappa shape index (κ2) is 19.1. The van der Waals surface area contributed by atoms with Crippen molar-refractivity contribution >= 4 is 50.5 Å². The highest BCUT2D eigenvalue weighted by Crippen LogP contribution is 2.55. The Bertz CT molecular complexity index is 2800. The van der Waals surface area contributed by atoms with Crippen molar-refractivity contribution in [2.45, 2.75) is 102 Å². The summed E-state index contributed by atoms with van der Waals surface area (Å²) in [4.78, 5) is 1.82. The Morgan fingerprint density at radius 2 is 0.701 bits per heavy atom. The fraction of sp³-hybridized carbons (Fsp3) is 0.241. The molecule has 10 rings (SSSR count). The predicted octanol–water partition coefficient (Wildman–Crippen LogP) is 18.0. The van der Waals surface area contributed by atoms with E-state index in [2.05, 4.69) is 189 Å². The summed E-state index contributed by atoms with van der Waals surface area (Å²) in [6.07, 6.45) is 1.55. The maximum absolute atomic E-state index is 7.15. The van der Waals surface area contributed by atoms with E-state index in [0.29, 0.717) is 11.5 Å². The molecule has 0 fully saturated rings. The van der Waals surface area contributed by atoms with Crippen molar-refractivity contribution in [2.75, 3.05) is 0 Å². The maximum atomic E-state index is 7.15. The molecule has 2 heterocycles. The minimum Gasteiger partial charge on any atom is -0.408 e. The molecule has 67 heavy (non-hydrogen) atoms. The van der Waals surface area contributed by atoms with Gasteiger partial charge in [-0.2, -0.15) is 0 Å². The minimum absolute atomic E-state index is 0.229. The van der Waals surface area contributed by atoms with Crippen LogP contribution in [0.15, 0.2) is 155 Å².